The van der Waals surface area contributed by atoms with Crippen LogP contribution in [0.4, 0.5) is 4.79 Å². The number of rotatable bonds is 1. The summed E-state index contributed by atoms with van der Waals surface area (Å²) in [5.41, 5.74) is 0.561. The van der Waals surface area contributed by atoms with Crippen molar-refractivity contribution in [3.8, 4) is 0 Å². The molecular formula is C9H16N2O. The second-order valence-corrected chi connectivity index (χ2v) is 4.01. The molecule has 1 aliphatic carbocycles. The molecule has 1 saturated heterocycles. The molecule has 0 aromatic heterocycles. The van der Waals surface area contributed by atoms with E-state index in [-0.39, 0.29) is 6.03 Å². The lowest BCUT2D eigenvalue weighted by atomic mass is 10.1. The maximum atomic E-state index is 11.4. The van der Waals surface area contributed by atoms with E-state index in [0.29, 0.717) is 5.41 Å². The Morgan fingerprint density at radius 1 is 1.50 bits per heavy atom. The Labute approximate surface area is 73.1 Å². The molecule has 0 aromatic carbocycles. The minimum Gasteiger partial charge on any atom is -0.338 e. The van der Waals surface area contributed by atoms with E-state index < -0.39 is 0 Å². The number of carbonyl (C=O) groups is 1. The average molecular weight is 168 g/mol. The number of carbonyl (C=O) groups excluding carboxylic acids is 1. The fraction of sp³-hybridized carbons (Fsp3) is 0.889. The standard InChI is InChI=1S/C9H16N2O/c1-2-10-8(12)11-6-5-9(7-11)3-4-9/h2-7H2,1H3,(H,10,12). The average Bonchev–Trinajstić information content (AvgIpc) is 2.62. The van der Waals surface area contributed by atoms with Crippen molar-refractivity contribution >= 4 is 6.03 Å². The first-order chi connectivity index (χ1) is 5.76. The number of amides is 2. The Kier molecular flexibility index (Phi) is 1.74. The molecule has 1 saturated carbocycles. The summed E-state index contributed by atoms with van der Waals surface area (Å²) in [5, 5.41) is 2.84. The van der Waals surface area contributed by atoms with Gasteiger partial charge >= 0.3 is 6.03 Å². The molecule has 2 rings (SSSR count). The lowest BCUT2D eigenvalue weighted by molar-refractivity contribution is 0.207. The number of likely N-dealkylation sites (tertiary alicyclic amines) is 1. The van der Waals surface area contributed by atoms with E-state index >= 15 is 0 Å². The fourth-order valence-corrected chi connectivity index (χ4v) is 1.96. The summed E-state index contributed by atoms with van der Waals surface area (Å²) in [6.45, 7) is 4.66. The minimum absolute atomic E-state index is 0.126. The monoisotopic (exact) mass is 168 g/mol. The van der Waals surface area contributed by atoms with Gasteiger partial charge in [-0.1, -0.05) is 0 Å². The predicted molar refractivity (Wildman–Crippen MR) is 46.9 cm³/mol. The number of nitrogens with one attached hydrogen (secondary N) is 1. The van der Waals surface area contributed by atoms with Crippen molar-refractivity contribution in [3.63, 3.8) is 0 Å². The summed E-state index contributed by atoms with van der Waals surface area (Å²) in [4.78, 5) is 13.3. The van der Waals surface area contributed by atoms with Gasteiger partial charge in [-0.3, -0.25) is 0 Å². The van der Waals surface area contributed by atoms with Crippen LogP contribution >= 0.6 is 0 Å². The highest BCUT2D eigenvalue weighted by Gasteiger charge is 2.48. The molecule has 0 aromatic rings. The molecule has 1 heterocycles. The highest BCUT2D eigenvalue weighted by Crippen LogP contribution is 2.52. The van der Waals surface area contributed by atoms with Crippen molar-refractivity contribution in [2.24, 2.45) is 5.41 Å². The summed E-state index contributed by atoms with van der Waals surface area (Å²) >= 11 is 0. The molecule has 1 aliphatic heterocycles. The lowest BCUT2D eigenvalue weighted by Gasteiger charge is -2.16. The van der Waals surface area contributed by atoms with Crippen molar-refractivity contribution in [1.29, 1.82) is 0 Å². The second kappa shape index (κ2) is 2.64. The molecule has 2 fully saturated rings. The van der Waals surface area contributed by atoms with Crippen LogP contribution in [0.15, 0.2) is 0 Å². The maximum absolute atomic E-state index is 11.4. The Morgan fingerprint density at radius 3 is 2.75 bits per heavy atom. The van der Waals surface area contributed by atoms with Gasteiger partial charge in [0.05, 0.1) is 0 Å². The van der Waals surface area contributed by atoms with Gasteiger partial charge in [0.25, 0.3) is 0 Å². The molecule has 1 N–H and O–H groups in total. The van der Waals surface area contributed by atoms with E-state index in [1.807, 2.05) is 11.8 Å². The zero-order chi connectivity index (χ0) is 8.60. The first-order valence-electron chi connectivity index (χ1n) is 4.79. The van der Waals surface area contributed by atoms with Crippen LogP contribution in [0.3, 0.4) is 0 Å². The van der Waals surface area contributed by atoms with Crippen LogP contribution in [-0.2, 0) is 0 Å². The topological polar surface area (TPSA) is 32.3 Å². The first-order valence-corrected chi connectivity index (χ1v) is 4.79. The van der Waals surface area contributed by atoms with E-state index in [1.54, 1.807) is 0 Å². The highest BCUT2D eigenvalue weighted by molar-refractivity contribution is 5.74. The highest BCUT2D eigenvalue weighted by atomic mass is 16.2. The number of urea groups is 1. The summed E-state index contributed by atoms with van der Waals surface area (Å²) in [6, 6.07) is 0.126. The van der Waals surface area contributed by atoms with E-state index in [1.165, 1.54) is 19.3 Å². The van der Waals surface area contributed by atoms with Gasteiger partial charge in [-0.15, -0.1) is 0 Å². The van der Waals surface area contributed by atoms with Crippen LogP contribution < -0.4 is 5.32 Å². The van der Waals surface area contributed by atoms with Gasteiger partial charge in [-0.25, -0.2) is 4.79 Å². The maximum Gasteiger partial charge on any atom is 0.317 e. The summed E-state index contributed by atoms with van der Waals surface area (Å²) in [6.07, 6.45) is 3.90. The van der Waals surface area contributed by atoms with Gasteiger partial charge < -0.3 is 10.2 Å². The summed E-state index contributed by atoms with van der Waals surface area (Å²) < 4.78 is 0. The van der Waals surface area contributed by atoms with Gasteiger partial charge in [0.2, 0.25) is 0 Å². The van der Waals surface area contributed by atoms with Crippen LogP contribution in [-0.4, -0.2) is 30.6 Å². The van der Waals surface area contributed by atoms with Crippen LogP contribution in [0.25, 0.3) is 0 Å². The number of hydrogen-bond acceptors (Lipinski definition) is 1. The van der Waals surface area contributed by atoms with Crippen molar-refractivity contribution in [1.82, 2.24) is 10.2 Å². The smallest absolute Gasteiger partial charge is 0.317 e. The zero-order valence-electron chi connectivity index (χ0n) is 7.60. The lowest BCUT2D eigenvalue weighted by Crippen LogP contribution is -2.38. The quantitative estimate of drug-likeness (QED) is 0.627. The Morgan fingerprint density at radius 2 is 2.25 bits per heavy atom. The summed E-state index contributed by atoms with van der Waals surface area (Å²) in [5.74, 6) is 0. The van der Waals surface area contributed by atoms with Gasteiger partial charge in [0.1, 0.15) is 0 Å². The van der Waals surface area contributed by atoms with Crippen molar-refractivity contribution in [2.45, 2.75) is 26.2 Å². The molecule has 1 spiro atoms. The molecule has 2 amide bonds. The van der Waals surface area contributed by atoms with Gasteiger partial charge in [0, 0.05) is 19.6 Å². The largest absolute Gasteiger partial charge is 0.338 e. The zero-order valence-corrected chi connectivity index (χ0v) is 7.60. The van der Waals surface area contributed by atoms with Gasteiger partial charge in [0.15, 0.2) is 0 Å². The van der Waals surface area contributed by atoms with Crippen molar-refractivity contribution < 1.29 is 4.79 Å². The van der Waals surface area contributed by atoms with Gasteiger partial charge in [-0.05, 0) is 31.6 Å². The van der Waals surface area contributed by atoms with E-state index in [0.717, 1.165) is 19.6 Å². The Balaban J connectivity index is 1.86. The normalized spacial score (nSPS) is 24.6. The molecule has 68 valence electrons. The van der Waals surface area contributed by atoms with E-state index in [2.05, 4.69) is 5.32 Å². The molecule has 0 atom stereocenters. The van der Waals surface area contributed by atoms with Crippen LogP contribution in [0.1, 0.15) is 26.2 Å². The fourth-order valence-electron chi connectivity index (χ4n) is 1.96. The van der Waals surface area contributed by atoms with Crippen LogP contribution in [0, 0.1) is 5.41 Å². The first kappa shape index (κ1) is 7.90. The van der Waals surface area contributed by atoms with Gasteiger partial charge in [-0.2, -0.15) is 0 Å². The number of nitrogens with zero attached hydrogens (tertiary/aromatic N) is 1. The molecular weight excluding hydrogens is 152 g/mol. The third-order valence-electron chi connectivity index (χ3n) is 3.01. The molecule has 12 heavy (non-hydrogen) atoms. The van der Waals surface area contributed by atoms with Crippen molar-refractivity contribution in [2.75, 3.05) is 19.6 Å². The molecule has 0 bridgehead atoms. The third kappa shape index (κ3) is 1.28. The molecule has 3 nitrogen and oxygen atoms in total. The SMILES string of the molecule is CCNC(=O)N1CCC2(CC2)C1. The predicted octanol–water partition coefficient (Wildman–Crippen LogP) is 1.20. The Hall–Kier alpha value is -0.730. The van der Waals surface area contributed by atoms with Crippen molar-refractivity contribution in [3.05, 3.63) is 0 Å². The summed E-state index contributed by atoms with van der Waals surface area (Å²) in [7, 11) is 0. The number of hydrogen-bond donors (Lipinski definition) is 1. The molecule has 0 radical (unpaired) electrons. The second-order valence-electron chi connectivity index (χ2n) is 4.01. The molecule has 0 unspecified atom stereocenters. The Bertz CT molecular complexity index is 199. The van der Waals surface area contributed by atoms with Crippen LogP contribution in [0.2, 0.25) is 0 Å². The molecule has 3 heteroatoms. The van der Waals surface area contributed by atoms with Crippen LogP contribution in [0.5, 0.6) is 0 Å². The van der Waals surface area contributed by atoms with E-state index in [9.17, 15) is 4.79 Å². The third-order valence-corrected chi connectivity index (χ3v) is 3.01. The van der Waals surface area contributed by atoms with E-state index in [4.69, 9.17) is 0 Å². The minimum atomic E-state index is 0.126. The molecule has 2 aliphatic rings.